The minimum absolute atomic E-state index is 0.0217. The van der Waals surface area contributed by atoms with E-state index in [1.54, 1.807) is 11.8 Å². The van der Waals surface area contributed by atoms with Crippen LogP contribution in [0.1, 0.15) is 40.0 Å². The molecule has 0 aliphatic carbocycles. The van der Waals surface area contributed by atoms with Gasteiger partial charge in [-0.25, -0.2) is 9.78 Å². The number of nitrogens with one attached hydrogen (secondary N) is 2. The van der Waals surface area contributed by atoms with Crippen molar-refractivity contribution in [3.05, 3.63) is 24.3 Å². The Labute approximate surface area is 152 Å². The van der Waals surface area contributed by atoms with Gasteiger partial charge in [0.1, 0.15) is 6.54 Å². The van der Waals surface area contributed by atoms with Crippen molar-refractivity contribution in [3.63, 3.8) is 0 Å². The summed E-state index contributed by atoms with van der Waals surface area (Å²) >= 11 is 1.66. The molecule has 0 bridgehead atoms. The quantitative estimate of drug-likeness (QED) is 0.556. The molecule has 1 heterocycles. The maximum absolute atomic E-state index is 12.2. The van der Waals surface area contributed by atoms with Crippen molar-refractivity contribution in [1.82, 2.24) is 20.2 Å². The molecule has 1 aromatic carbocycles. The van der Waals surface area contributed by atoms with Gasteiger partial charge in [-0.15, -0.1) is 0 Å². The number of hydrogen-bond donors (Lipinski definition) is 2. The van der Waals surface area contributed by atoms with Gasteiger partial charge in [0, 0.05) is 11.8 Å². The summed E-state index contributed by atoms with van der Waals surface area (Å²) in [5, 5.41) is 5.84. The number of imidazole rings is 1. The fourth-order valence-electron chi connectivity index (χ4n) is 2.44. The van der Waals surface area contributed by atoms with Crippen LogP contribution in [-0.2, 0) is 11.3 Å². The van der Waals surface area contributed by atoms with Crippen LogP contribution in [0.15, 0.2) is 29.4 Å². The average Bonchev–Trinajstić information content (AvgIpc) is 2.88. The van der Waals surface area contributed by atoms with Crippen molar-refractivity contribution >= 4 is 34.7 Å². The molecule has 7 heteroatoms. The van der Waals surface area contributed by atoms with Crippen LogP contribution in [0, 0.1) is 0 Å². The van der Waals surface area contributed by atoms with Gasteiger partial charge in [-0.2, -0.15) is 0 Å². The first-order valence-corrected chi connectivity index (χ1v) is 9.68. The minimum atomic E-state index is -0.471. The Morgan fingerprint density at radius 2 is 2.00 bits per heavy atom. The van der Waals surface area contributed by atoms with Gasteiger partial charge in [0.25, 0.3) is 0 Å². The fraction of sp³-hybridized carbons (Fsp3) is 0.500. The molecule has 3 amide bonds. The highest BCUT2D eigenvalue weighted by molar-refractivity contribution is 7.99. The molecule has 0 aliphatic heterocycles. The van der Waals surface area contributed by atoms with E-state index in [0.29, 0.717) is 0 Å². The molecule has 2 rings (SSSR count). The first kappa shape index (κ1) is 19.3. The Kier molecular flexibility index (Phi) is 7.31. The van der Waals surface area contributed by atoms with Crippen LogP contribution in [0.4, 0.5) is 4.79 Å². The number of benzene rings is 1. The van der Waals surface area contributed by atoms with E-state index >= 15 is 0 Å². The molecule has 6 nitrogen and oxygen atoms in total. The van der Waals surface area contributed by atoms with Crippen molar-refractivity contribution in [2.24, 2.45) is 0 Å². The zero-order valence-electron chi connectivity index (χ0n) is 15.0. The largest absolute Gasteiger partial charge is 0.336 e. The number of hydrogen-bond acceptors (Lipinski definition) is 4. The molecular weight excluding hydrogens is 336 g/mol. The molecule has 136 valence electrons. The van der Waals surface area contributed by atoms with E-state index in [1.807, 2.05) is 42.7 Å². The number of fused-ring (bicyclic) bond motifs is 1. The third-order valence-corrected chi connectivity index (χ3v) is 4.64. The molecule has 0 spiro atoms. The Morgan fingerprint density at radius 3 is 2.72 bits per heavy atom. The lowest BCUT2D eigenvalue weighted by atomic mass is 10.3. The summed E-state index contributed by atoms with van der Waals surface area (Å²) in [6.07, 6.45) is 3.47. The number of carbonyl (C=O) groups excluding carboxylic acids is 2. The summed E-state index contributed by atoms with van der Waals surface area (Å²) in [6.45, 7) is 5.94. The van der Waals surface area contributed by atoms with Gasteiger partial charge in [0.2, 0.25) is 5.91 Å². The number of para-hydroxylation sites is 2. The molecule has 25 heavy (non-hydrogen) atoms. The molecule has 0 unspecified atom stereocenters. The van der Waals surface area contributed by atoms with Crippen molar-refractivity contribution < 1.29 is 9.59 Å². The SMILES string of the molecule is CCCCCSc1nc2ccccc2n1CC(=O)NC(=O)NC(C)C. The van der Waals surface area contributed by atoms with Gasteiger partial charge in [0.15, 0.2) is 5.16 Å². The summed E-state index contributed by atoms with van der Waals surface area (Å²) in [4.78, 5) is 28.6. The Bertz CT molecular complexity index is 727. The van der Waals surface area contributed by atoms with Crippen molar-refractivity contribution in [1.29, 1.82) is 0 Å². The molecule has 0 aliphatic rings. The lowest BCUT2D eigenvalue weighted by Crippen LogP contribution is -2.43. The summed E-state index contributed by atoms with van der Waals surface area (Å²) in [5.74, 6) is 0.615. The minimum Gasteiger partial charge on any atom is -0.336 e. The van der Waals surface area contributed by atoms with E-state index in [0.717, 1.165) is 28.4 Å². The maximum Gasteiger partial charge on any atom is 0.321 e. The van der Waals surface area contributed by atoms with Gasteiger partial charge in [-0.05, 0) is 32.4 Å². The second-order valence-electron chi connectivity index (χ2n) is 6.20. The summed E-state index contributed by atoms with van der Waals surface area (Å²) < 4.78 is 1.88. The monoisotopic (exact) mass is 362 g/mol. The van der Waals surface area contributed by atoms with Crippen LogP contribution < -0.4 is 10.6 Å². The van der Waals surface area contributed by atoms with E-state index in [2.05, 4.69) is 22.5 Å². The second kappa shape index (κ2) is 9.46. The van der Waals surface area contributed by atoms with E-state index < -0.39 is 6.03 Å². The van der Waals surface area contributed by atoms with Gasteiger partial charge in [-0.3, -0.25) is 10.1 Å². The Balaban J connectivity index is 2.11. The first-order chi connectivity index (χ1) is 12.0. The number of urea groups is 1. The zero-order valence-corrected chi connectivity index (χ0v) is 15.9. The normalized spacial score (nSPS) is 11.0. The molecule has 2 aromatic rings. The first-order valence-electron chi connectivity index (χ1n) is 8.69. The molecular formula is C18H26N4O2S. The average molecular weight is 362 g/mol. The van der Waals surface area contributed by atoms with Crippen LogP contribution in [0.2, 0.25) is 0 Å². The number of carbonyl (C=O) groups is 2. The van der Waals surface area contributed by atoms with Crippen molar-refractivity contribution in [2.45, 2.75) is 57.8 Å². The van der Waals surface area contributed by atoms with E-state index in [1.165, 1.54) is 12.8 Å². The maximum atomic E-state index is 12.2. The molecule has 2 N–H and O–H groups in total. The van der Waals surface area contributed by atoms with Crippen LogP contribution >= 0.6 is 11.8 Å². The Hall–Kier alpha value is -2.02. The van der Waals surface area contributed by atoms with Gasteiger partial charge in [-0.1, -0.05) is 43.7 Å². The van der Waals surface area contributed by atoms with Crippen molar-refractivity contribution in [2.75, 3.05) is 5.75 Å². The number of thioether (sulfide) groups is 1. The number of rotatable bonds is 8. The highest BCUT2D eigenvalue weighted by atomic mass is 32.2. The lowest BCUT2D eigenvalue weighted by molar-refractivity contribution is -0.120. The Morgan fingerprint density at radius 1 is 1.24 bits per heavy atom. The van der Waals surface area contributed by atoms with E-state index in [4.69, 9.17) is 0 Å². The molecule has 1 aromatic heterocycles. The van der Waals surface area contributed by atoms with Crippen LogP contribution in [0.25, 0.3) is 11.0 Å². The third kappa shape index (κ3) is 5.77. The second-order valence-corrected chi connectivity index (χ2v) is 7.26. The number of aromatic nitrogens is 2. The van der Waals surface area contributed by atoms with E-state index in [9.17, 15) is 9.59 Å². The highest BCUT2D eigenvalue weighted by Crippen LogP contribution is 2.24. The topological polar surface area (TPSA) is 76.0 Å². The molecule has 0 fully saturated rings. The molecule has 0 radical (unpaired) electrons. The van der Waals surface area contributed by atoms with Gasteiger partial charge in [0.05, 0.1) is 11.0 Å². The van der Waals surface area contributed by atoms with Crippen LogP contribution in [0.3, 0.4) is 0 Å². The predicted molar refractivity (Wildman–Crippen MR) is 102 cm³/mol. The molecule has 0 saturated heterocycles. The molecule has 0 atom stereocenters. The number of amides is 3. The lowest BCUT2D eigenvalue weighted by Gasteiger charge is -2.11. The van der Waals surface area contributed by atoms with Gasteiger partial charge < -0.3 is 9.88 Å². The summed E-state index contributed by atoms with van der Waals surface area (Å²) in [5.41, 5.74) is 1.76. The smallest absolute Gasteiger partial charge is 0.321 e. The van der Waals surface area contributed by atoms with E-state index in [-0.39, 0.29) is 18.5 Å². The summed E-state index contributed by atoms with van der Waals surface area (Å²) in [6, 6.07) is 7.25. The van der Waals surface area contributed by atoms with Crippen molar-refractivity contribution in [3.8, 4) is 0 Å². The zero-order chi connectivity index (χ0) is 18.2. The predicted octanol–water partition coefficient (Wildman–Crippen LogP) is 3.55. The number of nitrogens with zero attached hydrogens (tertiary/aromatic N) is 2. The molecule has 0 saturated carbocycles. The summed E-state index contributed by atoms with van der Waals surface area (Å²) in [7, 11) is 0. The fourth-order valence-corrected chi connectivity index (χ4v) is 3.45. The van der Waals surface area contributed by atoms with Crippen LogP contribution in [0.5, 0.6) is 0 Å². The van der Waals surface area contributed by atoms with Gasteiger partial charge >= 0.3 is 6.03 Å². The third-order valence-electron chi connectivity index (χ3n) is 3.57. The number of imide groups is 1. The standard InChI is InChI=1S/C18H26N4O2S/c1-4-5-8-11-25-18-20-14-9-6-7-10-15(14)22(18)12-16(23)21-17(24)19-13(2)3/h6-7,9-10,13H,4-5,8,11-12H2,1-3H3,(H2,19,21,23,24). The number of unbranched alkanes of at least 4 members (excludes halogenated alkanes) is 2. The highest BCUT2D eigenvalue weighted by Gasteiger charge is 2.15. The van der Waals surface area contributed by atoms with Crippen LogP contribution in [-0.4, -0.2) is 33.3 Å².